The summed E-state index contributed by atoms with van der Waals surface area (Å²) in [6, 6.07) is 16.3. The van der Waals surface area contributed by atoms with Crippen LogP contribution in [0.3, 0.4) is 0 Å². The topological polar surface area (TPSA) is 0 Å². The molecule has 30 heavy (non-hydrogen) atoms. The fourth-order valence-corrected chi connectivity index (χ4v) is 4.18. The van der Waals surface area contributed by atoms with Gasteiger partial charge in [0.1, 0.15) is 0 Å². The van der Waals surface area contributed by atoms with Crippen molar-refractivity contribution < 1.29 is 13.2 Å². The molecule has 1 unspecified atom stereocenters. The minimum absolute atomic E-state index is 0.103. The van der Waals surface area contributed by atoms with Gasteiger partial charge in [0, 0.05) is 11.1 Å². The van der Waals surface area contributed by atoms with Crippen molar-refractivity contribution in [1.29, 1.82) is 0 Å². The first-order chi connectivity index (χ1) is 14.5. The Kier molecular flexibility index (Phi) is 5.95. The van der Waals surface area contributed by atoms with E-state index in [0.717, 1.165) is 35.6 Å². The summed E-state index contributed by atoms with van der Waals surface area (Å²) in [7, 11) is 0. The minimum atomic E-state index is -1.48. The summed E-state index contributed by atoms with van der Waals surface area (Å²) in [6.45, 7) is 2.25. The van der Waals surface area contributed by atoms with Crippen LogP contribution in [0.4, 0.5) is 13.2 Å². The van der Waals surface area contributed by atoms with Gasteiger partial charge in [0.05, 0.1) is 0 Å². The van der Waals surface area contributed by atoms with E-state index in [1.54, 1.807) is 0 Å². The highest BCUT2D eigenvalue weighted by atomic mass is 19.2. The fraction of sp³-hybridized carbons (Fsp3) is 0.259. The van der Waals surface area contributed by atoms with Crippen molar-refractivity contribution in [1.82, 2.24) is 0 Å². The maximum atomic E-state index is 13.3. The van der Waals surface area contributed by atoms with Gasteiger partial charge in [-0.15, -0.1) is 0 Å². The third-order valence-electron chi connectivity index (χ3n) is 5.79. The van der Waals surface area contributed by atoms with E-state index in [9.17, 15) is 13.2 Å². The van der Waals surface area contributed by atoms with E-state index in [1.165, 1.54) is 42.4 Å². The number of hydrogen-bond acceptors (Lipinski definition) is 0. The highest BCUT2D eigenvalue weighted by Gasteiger charge is 2.18. The van der Waals surface area contributed by atoms with Crippen molar-refractivity contribution in [3.8, 4) is 23.0 Å². The molecule has 0 saturated heterocycles. The summed E-state index contributed by atoms with van der Waals surface area (Å²) in [4.78, 5) is 0. The second-order valence-electron chi connectivity index (χ2n) is 7.96. The van der Waals surface area contributed by atoms with Crippen LogP contribution in [0.25, 0.3) is 11.1 Å². The Balaban J connectivity index is 1.51. The van der Waals surface area contributed by atoms with Gasteiger partial charge >= 0.3 is 0 Å². The van der Waals surface area contributed by atoms with Crippen LogP contribution in [0.5, 0.6) is 0 Å². The summed E-state index contributed by atoms with van der Waals surface area (Å²) < 4.78 is 39.6. The molecule has 152 valence electrons. The van der Waals surface area contributed by atoms with Crippen LogP contribution >= 0.6 is 0 Å². The maximum absolute atomic E-state index is 13.3. The van der Waals surface area contributed by atoms with Crippen molar-refractivity contribution in [2.75, 3.05) is 0 Å². The molecule has 0 aliphatic heterocycles. The van der Waals surface area contributed by atoms with Crippen molar-refractivity contribution >= 4 is 0 Å². The quantitative estimate of drug-likeness (QED) is 0.323. The molecule has 3 aromatic carbocycles. The van der Waals surface area contributed by atoms with Gasteiger partial charge in [-0.05, 0) is 71.7 Å². The zero-order valence-corrected chi connectivity index (χ0v) is 16.9. The Hall–Kier alpha value is -2.99. The van der Waals surface area contributed by atoms with Gasteiger partial charge in [0.15, 0.2) is 17.5 Å². The zero-order chi connectivity index (χ0) is 21.1. The lowest BCUT2D eigenvalue weighted by Crippen LogP contribution is -2.14. The molecule has 0 N–H and O–H groups in total. The molecule has 0 bridgehead atoms. The molecule has 0 aromatic heterocycles. The molecule has 0 spiro atoms. The fourth-order valence-electron chi connectivity index (χ4n) is 4.18. The van der Waals surface area contributed by atoms with Gasteiger partial charge in [-0.3, -0.25) is 0 Å². The first-order valence-electron chi connectivity index (χ1n) is 10.4. The van der Waals surface area contributed by atoms with E-state index in [0.29, 0.717) is 0 Å². The Morgan fingerprint density at radius 1 is 0.800 bits per heavy atom. The molecule has 0 nitrogen and oxygen atoms in total. The van der Waals surface area contributed by atoms with Gasteiger partial charge in [0.25, 0.3) is 0 Å². The van der Waals surface area contributed by atoms with Gasteiger partial charge in [-0.25, -0.2) is 13.2 Å². The van der Waals surface area contributed by atoms with Crippen molar-refractivity contribution in [2.24, 2.45) is 5.92 Å². The van der Waals surface area contributed by atoms with Crippen molar-refractivity contribution in [2.45, 2.75) is 39.0 Å². The van der Waals surface area contributed by atoms with Crippen molar-refractivity contribution in [3.63, 3.8) is 0 Å². The first kappa shape index (κ1) is 20.3. The summed E-state index contributed by atoms with van der Waals surface area (Å²) >= 11 is 0. The maximum Gasteiger partial charge on any atom is 0.194 e. The molecule has 3 aromatic rings. The number of hydrogen-bond donors (Lipinski definition) is 0. The predicted molar refractivity (Wildman–Crippen MR) is 115 cm³/mol. The zero-order valence-electron chi connectivity index (χ0n) is 16.9. The molecule has 0 fully saturated rings. The van der Waals surface area contributed by atoms with Gasteiger partial charge in [-0.1, -0.05) is 61.9 Å². The second-order valence-corrected chi connectivity index (χ2v) is 7.96. The third-order valence-corrected chi connectivity index (χ3v) is 5.79. The van der Waals surface area contributed by atoms with Crippen molar-refractivity contribution in [3.05, 3.63) is 94.3 Å². The number of rotatable bonds is 3. The third kappa shape index (κ3) is 4.44. The molecule has 1 aliphatic rings. The molecule has 0 amide bonds. The number of halogens is 3. The summed E-state index contributed by atoms with van der Waals surface area (Å²) in [6.07, 6.45) is 6.15. The van der Waals surface area contributed by atoms with E-state index in [-0.39, 0.29) is 5.56 Å². The molecule has 0 radical (unpaired) electrons. The highest BCUT2D eigenvalue weighted by Crippen LogP contribution is 2.31. The van der Waals surface area contributed by atoms with Crippen LogP contribution in [0.1, 0.15) is 48.4 Å². The average Bonchev–Trinajstić information content (AvgIpc) is 2.76. The van der Waals surface area contributed by atoms with Gasteiger partial charge in [0.2, 0.25) is 0 Å². The Bertz CT molecular complexity index is 1090. The number of fused-ring (bicyclic) bond motifs is 1. The molecular formula is C27H23F3. The minimum Gasteiger partial charge on any atom is -0.204 e. The lowest BCUT2D eigenvalue weighted by atomic mass is 9.81. The van der Waals surface area contributed by atoms with E-state index < -0.39 is 17.5 Å². The van der Waals surface area contributed by atoms with E-state index >= 15 is 0 Å². The molecule has 3 heteroatoms. The lowest BCUT2D eigenvalue weighted by molar-refractivity contribution is 0.423. The molecule has 0 saturated carbocycles. The largest absolute Gasteiger partial charge is 0.204 e. The van der Waals surface area contributed by atoms with Crippen LogP contribution < -0.4 is 0 Å². The van der Waals surface area contributed by atoms with Crippen LogP contribution in [-0.4, -0.2) is 0 Å². The summed E-state index contributed by atoms with van der Waals surface area (Å²) in [5.41, 5.74) is 6.05. The Morgan fingerprint density at radius 2 is 1.47 bits per heavy atom. The average molecular weight is 404 g/mol. The van der Waals surface area contributed by atoms with Crippen LogP contribution in [-0.2, 0) is 12.8 Å². The Morgan fingerprint density at radius 3 is 2.17 bits per heavy atom. The monoisotopic (exact) mass is 404 g/mol. The SMILES string of the molecule is CCCC1CCc2cc(-c3ccc(C#Cc4cc(F)c(F)c(F)c4)cc3)ccc2C1. The van der Waals surface area contributed by atoms with E-state index in [2.05, 4.69) is 37.0 Å². The summed E-state index contributed by atoms with van der Waals surface area (Å²) in [5.74, 6) is 2.43. The molecule has 4 rings (SSSR count). The Labute approximate surface area is 175 Å². The summed E-state index contributed by atoms with van der Waals surface area (Å²) in [5, 5.41) is 0. The van der Waals surface area contributed by atoms with E-state index in [4.69, 9.17) is 0 Å². The number of aryl methyl sites for hydroxylation is 1. The van der Waals surface area contributed by atoms with Crippen LogP contribution in [0.15, 0.2) is 54.6 Å². The molecular weight excluding hydrogens is 381 g/mol. The lowest BCUT2D eigenvalue weighted by Gasteiger charge is -2.24. The number of benzene rings is 3. The first-order valence-corrected chi connectivity index (χ1v) is 10.4. The normalized spacial score (nSPS) is 15.3. The van der Waals surface area contributed by atoms with E-state index in [1.807, 2.05) is 24.3 Å². The highest BCUT2D eigenvalue weighted by molar-refractivity contribution is 5.66. The molecule has 1 atom stereocenters. The van der Waals surface area contributed by atoms with Gasteiger partial charge < -0.3 is 0 Å². The smallest absolute Gasteiger partial charge is 0.194 e. The molecule has 0 heterocycles. The molecule has 1 aliphatic carbocycles. The van der Waals surface area contributed by atoms with Crippen LogP contribution in [0, 0.1) is 35.2 Å². The second kappa shape index (κ2) is 8.79. The standard InChI is InChI=1S/C27H23F3/c1-2-3-19-8-11-24-17-23(13-12-22(24)14-19)21-9-6-18(7-10-21)4-5-20-15-25(28)27(30)26(29)16-20/h6-7,9-10,12-13,15-17,19H,2-3,8,11,14H2,1H3. The van der Waals surface area contributed by atoms with Gasteiger partial charge in [-0.2, -0.15) is 0 Å². The predicted octanol–water partition coefficient (Wildman–Crippen LogP) is 7.08. The van der Waals surface area contributed by atoms with Crippen LogP contribution in [0.2, 0.25) is 0 Å².